The molecule has 0 radical (unpaired) electrons. The summed E-state index contributed by atoms with van der Waals surface area (Å²) in [4.78, 5) is 39.2. The quantitative estimate of drug-likeness (QED) is 0.579. The van der Waals surface area contributed by atoms with E-state index in [0.717, 1.165) is 16.0 Å². The third-order valence-electron chi connectivity index (χ3n) is 5.56. The Hall–Kier alpha value is -3.55. The van der Waals surface area contributed by atoms with Crippen molar-refractivity contribution in [2.24, 2.45) is 5.92 Å². The summed E-state index contributed by atoms with van der Waals surface area (Å²) in [5.41, 5.74) is 1.55. The molecule has 0 aromatic heterocycles. The summed E-state index contributed by atoms with van der Waals surface area (Å²) in [6, 6.07) is 14.0. The lowest BCUT2D eigenvalue weighted by Crippen LogP contribution is -2.43. The Morgan fingerprint density at radius 3 is 2.34 bits per heavy atom. The minimum absolute atomic E-state index is 0.170. The lowest BCUT2D eigenvalue weighted by Gasteiger charge is -2.24. The molecule has 0 N–H and O–H groups in total. The first kappa shape index (κ1) is 23.1. The first-order chi connectivity index (χ1) is 15.4. The van der Waals surface area contributed by atoms with E-state index in [-0.39, 0.29) is 12.8 Å². The summed E-state index contributed by atoms with van der Waals surface area (Å²) in [7, 11) is 4.31. The Balaban J connectivity index is 1.86. The molecule has 0 bridgehead atoms. The van der Waals surface area contributed by atoms with Crippen LogP contribution in [0.15, 0.2) is 48.5 Å². The number of nitrogens with zero attached hydrogens (tertiary/aromatic N) is 1. The number of methoxy groups -OCH3 is 3. The number of amides is 2. The smallest absolute Gasteiger partial charge is 0.417 e. The fourth-order valence-corrected chi connectivity index (χ4v) is 3.87. The maximum Gasteiger partial charge on any atom is 0.417 e. The van der Waals surface area contributed by atoms with Crippen LogP contribution in [0.4, 0.5) is 4.79 Å². The van der Waals surface area contributed by atoms with Crippen LogP contribution < -0.4 is 9.47 Å². The van der Waals surface area contributed by atoms with Gasteiger partial charge in [-0.25, -0.2) is 9.69 Å². The van der Waals surface area contributed by atoms with Crippen LogP contribution >= 0.6 is 0 Å². The number of hydrogen-bond donors (Lipinski definition) is 0. The second-order valence-electron chi connectivity index (χ2n) is 7.53. The van der Waals surface area contributed by atoms with Crippen LogP contribution in [0.5, 0.6) is 11.5 Å². The standard InChI is InChI=1S/C24H27NO7/c1-15-22(17-8-6-5-7-9-17)32-24(28)25(15)23(27)18(14-21(26)31-4)12-16-10-11-19(29-2)20(13-16)30-3/h5-11,13,15,18,22H,12,14H2,1-4H3/t15-,18+,22-/m0/s1. The van der Waals surface area contributed by atoms with Crippen LogP contribution in [0, 0.1) is 5.92 Å². The van der Waals surface area contributed by atoms with Crippen molar-refractivity contribution in [3.8, 4) is 11.5 Å². The molecule has 2 amide bonds. The molecule has 1 fully saturated rings. The van der Waals surface area contributed by atoms with Crippen molar-refractivity contribution in [1.82, 2.24) is 4.90 Å². The molecule has 0 unspecified atom stereocenters. The average Bonchev–Trinajstić information content (AvgIpc) is 3.12. The van der Waals surface area contributed by atoms with Gasteiger partial charge in [0.2, 0.25) is 5.91 Å². The number of imide groups is 1. The summed E-state index contributed by atoms with van der Waals surface area (Å²) < 4.78 is 20.9. The van der Waals surface area contributed by atoms with Gasteiger partial charge in [-0.15, -0.1) is 0 Å². The van der Waals surface area contributed by atoms with Gasteiger partial charge in [-0.3, -0.25) is 9.59 Å². The van der Waals surface area contributed by atoms with Gasteiger partial charge in [-0.1, -0.05) is 36.4 Å². The molecule has 2 aromatic rings. The Labute approximate surface area is 187 Å². The zero-order valence-corrected chi connectivity index (χ0v) is 18.6. The number of carbonyl (C=O) groups excluding carboxylic acids is 3. The average molecular weight is 441 g/mol. The Bertz CT molecular complexity index is 976. The summed E-state index contributed by atoms with van der Waals surface area (Å²) in [6.45, 7) is 1.76. The fraction of sp³-hybridized carbons (Fsp3) is 0.375. The predicted molar refractivity (Wildman–Crippen MR) is 115 cm³/mol. The number of carbonyl (C=O) groups is 3. The monoisotopic (exact) mass is 441 g/mol. The molecule has 1 saturated heterocycles. The highest BCUT2D eigenvalue weighted by atomic mass is 16.6. The second-order valence-corrected chi connectivity index (χ2v) is 7.53. The van der Waals surface area contributed by atoms with Gasteiger partial charge in [0.15, 0.2) is 11.5 Å². The molecule has 1 aliphatic heterocycles. The number of rotatable bonds is 8. The minimum Gasteiger partial charge on any atom is -0.493 e. The van der Waals surface area contributed by atoms with Crippen molar-refractivity contribution in [2.45, 2.75) is 31.9 Å². The zero-order chi connectivity index (χ0) is 23.3. The molecule has 0 spiro atoms. The molecule has 3 atom stereocenters. The Morgan fingerprint density at radius 2 is 1.72 bits per heavy atom. The Morgan fingerprint density at radius 1 is 1.03 bits per heavy atom. The van der Waals surface area contributed by atoms with Crippen molar-refractivity contribution in [3.63, 3.8) is 0 Å². The van der Waals surface area contributed by atoms with Gasteiger partial charge in [-0.2, -0.15) is 0 Å². The molecule has 170 valence electrons. The van der Waals surface area contributed by atoms with Crippen LogP contribution in [0.3, 0.4) is 0 Å². The van der Waals surface area contributed by atoms with Crippen molar-refractivity contribution in [3.05, 3.63) is 59.7 Å². The van der Waals surface area contributed by atoms with Crippen LogP contribution in [0.25, 0.3) is 0 Å². The summed E-state index contributed by atoms with van der Waals surface area (Å²) in [5.74, 6) is -0.781. The van der Waals surface area contributed by atoms with Crippen molar-refractivity contribution < 1.29 is 33.3 Å². The molecule has 1 heterocycles. The van der Waals surface area contributed by atoms with Gasteiger partial charge < -0.3 is 18.9 Å². The zero-order valence-electron chi connectivity index (χ0n) is 18.6. The van der Waals surface area contributed by atoms with Gasteiger partial charge >= 0.3 is 12.1 Å². The highest BCUT2D eigenvalue weighted by Crippen LogP contribution is 2.35. The van der Waals surface area contributed by atoms with E-state index in [4.69, 9.17) is 18.9 Å². The molecular formula is C24H27NO7. The third-order valence-corrected chi connectivity index (χ3v) is 5.56. The Kier molecular flexibility index (Phi) is 7.35. The molecular weight excluding hydrogens is 414 g/mol. The van der Waals surface area contributed by atoms with Crippen LogP contribution in [0.2, 0.25) is 0 Å². The normalized spacial score (nSPS) is 18.6. The highest BCUT2D eigenvalue weighted by molar-refractivity contribution is 5.96. The van der Waals surface area contributed by atoms with Crippen LogP contribution in [0.1, 0.15) is 30.6 Å². The lowest BCUT2D eigenvalue weighted by molar-refractivity contribution is -0.146. The highest BCUT2D eigenvalue weighted by Gasteiger charge is 2.45. The van der Waals surface area contributed by atoms with Gasteiger partial charge in [0.25, 0.3) is 0 Å². The van der Waals surface area contributed by atoms with Crippen molar-refractivity contribution >= 4 is 18.0 Å². The van der Waals surface area contributed by atoms with Gasteiger partial charge in [0, 0.05) is 0 Å². The van der Waals surface area contributed by atoms with Crippen LogP contribution in [-0.2, 0) is 25.5 Å². The van der Waals surface area contributed by atoms with E-state index in [9.17, 15) is 14.4 Å². The number of benzene rings is 2. The number of esters is 1. The molecule has 8 nitrogen and oxygen atoms in total. The maximum atomic E-state index is 13.4. The lowest BCUT2D eigenvalue weighted by atomic mass is 9.93. The third kappa shape index (κ3) is 4.85. The molecule has 0 saturated carbocycles. The molecule has 3 rings (SSSR count). The van der Waals surface area contributed by atoms with E-state index < -0.39 is 36.0 Å². The maximum absolute atomic E-state index is 13.4. The SMILES string of the molecule is COC(=O)C[C@@H](Cc1ccc(OC)c(OC)c1)C(=O)N1C(=O)O[C@H](c2ccccc2)[C@@H]1C. The molecule has 2 aromatic carbocycles. The summed E-state index contributed by atoms with van der Waals surface area (Å²) >= 11 is 0. The van der Waals surface area contributed by atoms with Gasteiger partial charge in [0.1, 0.15) is 6.10 Å². The minimum atomic E-state index is -0.815. The molecule has 8 heteroatoms. The van der Waals surface area contributed by atoms with E-state index in [0.29, 0.717) is 11.5 Å². The summed E-state index contributed by atoms with van der Waals surface area (Å²) in [6.07, 6.45) is -1.26. The van der Waals surface area contributed by atoms with Crippen molar-refractivity contribution in [1.29, 1.82) is 0 Å². The molecule has 0 aliphatic carbocycles. The first-order valence-electron chi connectivity index (χ1n) is 10.3. The second kappa shape index (κ2) is 10.2. The summed E-state index contributed by atoms with van der Waals surface area (Å²) in [5, 5.41) is 0. The van der Waals surface area contributed by atoms with Gasteiger partial charge in [0.05, 0.1) is 39.7 Å². The molecule has 1 aliphatic rings. The number of hydrogen-bond acceptors (Lipinski definition) is 7. The van der Waals surface area contributed by atoms with Gasteiger partial charge in [-0.05, 0) is 36.6 Å². The van der Waals surface area contributed by atoms with E-state index in [1.807, 2.05) is 30.3 Å². The first-order valence-corrected chi connectivity index (χ1v) is 10.3. The molecule has 32 heavy (non-hydrogen) atoms. The van der Waals surface area contributed by atoms with E-state index in [1.54, 1.807) is 25.1 Å². The van der Waals surface area contributed by atoms with Crippen molar-refractivity contribution in [2.75, 3.05) is 21.3 Å². The fourth-order valence-electron chi connectivity index (χ4n) is 3.87. The number of ether oxygens (including phenoxy) is 4. The van der Waals surface area contributed by atoms with Crippen LogP contribution in [-0.4, -0.2) is 50.2 Å². The topological polar surface area (TPSA) is 91.4 Å². The van der Waals surface area contributed by atoms with E-state index in [2.05, 4.69) is 0 Å². The largest absolute Gasteiger partial charge is 0.493 e. The van der Waals surface area contributed by atoms with E-state index in [1.165, 1.54) is 21.3 Å². The predicted octanol–water partition coefficient (Wildman–Crippen LogP) is 3.53. The number of cyclic esters (lactones) is 1. The van der Waals surface area contributed by atoms with E-state index >= 15 is 0 Å².